The van der Waals surface area contributed by atoms with Crippen LogP contribution in [0.4, 0.5) is 0 Å². The molecule has 2 bridgehead atoms. The Morgan fingerprint density at radius 3 is 2.30 bits per heavy atom. The van der Waals surface area contributed by atoms with Crippen molar-refractivity contribution in [1.29, 1.82) is 0 Å². The predicted octanol–water partition coefficient (Wildman–Crippen LogP) is 1.15. The third-order valence-corrected chi connectivity index (χ3v) is 11.0. The van der Waals surface area contributed by atoms with Gasteiger partial charge in [-0.25, -0.2) is 9.59 Å². The molecule has 3 aliphatic carbocycles. The van der Waals surface area contributed by atoms with E-state index in [1.165, 1.54) is 17.7 Å². The molecule has 2 aromatic rings. The van der Waals surface area contributed by atoms with Crippen LogP contribution >= 0.6 is 11.6 Å². The highest BCUT2D eigenvalue weighted by Crippen LogP contribution is 2.66. The number of carbonyl (C=O) groups is 4. The summed E-state index contributed by atoms with van der Waals surface area (Å²) in [5.41, 5.74) is 0.801. The predicted molar refractivity (Wildman–Crippen MR) is 158 cm³/mol. The first-order chi connectivity index (χ1) is 21.8. The summed E-state index contributed by atoms with van der Waals surface area (Å²) in [6.45, 7) is 1.82. The van der Waals surface area contributed by atoms with Crippen LogP contribution in [0.3, 0.4) is 0 Å². The lowest BCUT2D eigenvalue weighted by molar-refractivity contribution is -0.196. The lowest BCUT2D eigenvalue weighted by Gasteiger charge is -2.64. The number of rotatable bonds is 6. The number of nitrogens with zero attached hydrogens (tertiary/aromatic N) is 2. The van der Waals surface area contributed by atoms with Crippen molar-refractivity contribution in [1.82, 2.24) is 9.80 Å². The summed E-state index contributed by atoms with van der Waals surface area (Å²) in [6.07, 6.45) is -0.382. The number of carboxylic acids is 2. The molecule has 1 saturated heterocycles. The van der Waals surface area contributed by atoms with Gasteiger partial charge < -0.3 is 35.4 Å². The largest absolute Gasteiger partial charge is 0.504 e. The van der Waals surface area contributed by atoms with Crippen molar-refractivity contribution in [3.8, 4) is 11.5 Å². The van der Waals surface area contributed by atoms with Gasteiger partial charge in [-0.2, -0.15) is 0 Å². The van der Waals surface area contributed by atoms with Crippen LogP contribution in [0.2, 0.25) is 5.02 Å². The molecular formula is C32H33ClN2O11. The monoisotopic (exact) mass is 656 g/mol. The van der Waals surface area contributed by atoms with E-state index in [1.807, 2.05) is 6.07 Å². The van der Waals surface area contributed by atoms with Gasteiger partial charge in [0.05, 0.1) is 28.2 Å². The molecule has 2 saturated carbocycles. The van der Waals surface area contributed by atoms with Crippen molar-refractivity contribution in [3.05, 3.63) is 57.6 Å². The van der Waals surface area contributed by atoms with E-state index < -0.39 is 47.3 Å². The maximum Gasteiger partial charge on any atom is 0.335 e. The number of hydrogen-bond donors (Lipinski definition) is 6. The fraction of sp³-hybridized carbons (Fsp3) is 0.500. The van der Waals surface area contributed by atoms with Crippen LogP contribution in [0.25, 0.3) is 0 Å². The van der Waals surface area contributed by atoms with Crippen molar-refractivity contribution in [2.75, 3.05) is 13.1 Å². The summed E-state index contributed by atoms with van der Waals surface area (Å²) in [5, 5.41) is 56.4. The average Bonchev–Trinajstić information content (AvgIpc) is 3.71. The van der Waals surface area contributed by atoms with Gasteiger partial charge in [0.15, 0.2) is 23.7 Å². The van der Waals surface area contributed by atoms with E-state index in [0.717, 1.165) is 24.2 Å². The zero-order valence-corrected chi connectivity index (χ0v) is 25.3. The van der Waals surface area contributed by atoms with Crippen molar-refractivity contribution in [3.63, 3.8) is 0 Å². The number of hydrogen-bond acceptors (Lipinski definition) is 10. The standard InChI is InChI=1S/C28H27ClN2O5.C4H6O6/c29-16-4-5-17-18(12-16)26(34)31(25(17)33)19-7-8-28(35)21-11-15-3-6-20(32)23-22(15)27(28,24(19)36-23)9-10-30(21)13-14-1-2-14;5-1(3(7)8)2(6)4(9)10/h3-6,12,14,19,21,24,32,35H,1-2,7-11,13H2;1-2,5-6H,(H,7,8)(H,9,10)/t19-,21-,24+,27+,28?;/m1./s1. The molecule has 3 heterocycles. The van der Waals surface area contributed by atoms with E-state index in [0.29, 0.717) is 53.5 Å². The van der Waals surface area contributed by atoms with Gasteiger partial charge in [0, 0.05) is 23.2 Å². The second kappa shape index (κ2) is 10.6. The molecule has 0 aromatic heterocycles. The lowest BCUT2D eigenvalue weighted by atomic mass is 9.48. The maximum atomic E-state index is 13.6. The molecule has 0 radical (unpaired) electrons. The van der Waals surface area contributed by atoms with E-state index in [9.17, 15) is 29.4 Å². The van der Waals surface area contributed by atoms with E-state index in [1.54, 1.807) is 24.3 Å². The third kappa shape index (κ3) is 4.29. The Labute approximate surface area is 267 Å². The van der Waals surface area contributed by atoms with Crippen molar-refractivity contribution < 1.29 is 54.6 Å². The average molecular weight is 657 g/mol. The molecule has 46 heavy (non-hydrogen) atoms. The number of fused-ring (bicyclic) bond motifs is 1. The van der Waals surface area contributed by atoms with Crippen LogP contribution in [0.1, 0.15) is 63.9 Å². The first-order valence-electron chi connectivity index (χ1n) is 15.3. The van der Waals surface area contributed by atoms with Gasteiger partial charge in [0.2, 0.25) is 0 Å². The van der Waals surface area contributed by atoms with Gasteiger partial charge in [-0.15, -0.1) is 0 Å². The fourth-order valence-corrected chi connectivity index (χ4v) is 8.69. The highest BCUT2D eigenvalue weighted by molar-refractivity contribution is 6.32. The quantitative estimate of drug-likeness (QED) is 0.242. The number of halogens is 1. The van der Waals surface area contributed by atoms with Crippen molar-refractivity contribution in [2.45, 2.75) is 79.9 Å². The van der Waals surface area contributed by atoms with Crippen LogP contribution < -0.4 is 4.74 Å². The Balaban J connectivity index is 0.000000296. The maximum absolute atomic E-state index is 13.6. The number of benzene rings is 2. The minimum absolute atomic E-state index is 0.0478. The van der Waals surface area contributed by atoms with Crippen LogP contribution in [-0.2, 0) is 21.4 Å². The molecule has 2 aromatic carbocycles. The number of aliphatic hydroxyl groups excluding tert-OH is 2. The fourth-order valence-electron chi connectivity index (χ4n) is 8.52. The number of carbonyl (C=O) groups excluding carboxylic acids is 2. The smallest absolute Gasteiger partial charge is 0.335 e. The summed E-state index contributed by atoms with van der Waals surface area (Å²) in [5.74, 6) is -3.09. The van der Waals surface area contributed by atoms with E-state index >= 15 is 0 Å². The minimum Gasteiger partial charge on any atom is -0.504 e. The SMILES string of the molecule is O=C(O)C(O)C(O)C(=O)O.O=C1c2ccc(Cl)cc2C(=O)N1[C@@H]1CCC2(O)[C@H]3Cc4ccc(O)c5c4[C@@]2(CCN3CC2CC2)[C@H]1O5. The molecule has 7 atom stereocenters. The zero-order valence-electron chi connectivity index (χ0n) is 24.5. The Morgan fingerprint density at radius 2 is 1.65 bits per heavy atom. The van der Waals surface area contributed by atoms with E-state index in [4.69, 9.17) is 36.8 Å². The van der Waals surface area contributed by atoms with Gasteiger partial charge in [-0.05, 0) is 80.8 Å². The Kier molecular flexibility index (Phi) is 7.14. The van der Waals surface area contributed by atoms with Crippen molar-refractivity contribution in [2.24, 2.45) is 5.92 Å². The van der Waals surface area contributed by atoms with Crippen LogP contribution in [0.5, 0.6) is 11.5 Å². The van der Waals surface area contributed by atoms with Crippen LogP contribution in [0.15, 0.2) is 30.3 Å². The molecule has 6 N–H and O–H groups in total. The summed E-state index contributed by atoms with van der Waals surface area (Å²) in [6, 6.07) is 7.81. The third-order valence-electron chi connectivity index (χ3n) is 10.7. The Hall–Kier alpha value is -3.75. The lowest BCUT2D eigenvalue weighted by Crippen LogP contribution is -2.78. The number of piperidine rings is 1. The number of ether oxygens (including phenoxy) is 1. The zero-order chi connectivity index (χ0) is 32.9. The summed E-state index contributed by atoms with van der Waals surface area (Å²) in [4.78, 5) is 50.4. The second-order valence-corrected chi connectivity index (χ2v) is 13.6. The number of aliphatic carboxylic acids is 2. The molecule has 14 heteroatoms. The summed E-state index contributed by atoms with van der Waals surface area (Å²) in [7, 11) is 0. The number of likely N-dealkylation sites (tertiary alicyclic amines) is 1. The molecule has 244 valence electrons. The molecule has 3 aliphatic heterocycles. The minimum atomic E-state index is -2.27. The number of aliphatic hydroxyl groups is 3. The molecule has 3 unspecified atom stereocenters. The molecule has 13 nitrogen and oxygen atoms in total. The molecule has 8 rings (SSSR count). The van der Waals surface area contributed by atoms with Gasteiger partial charge in [-0.1, -0.05) is 17.7 Å². The first kappa shape index (κ1) is 30.9. The number of carboxylic acid groups (broad SMARTS) is 2. The van der Waals surface area contributed by atoms with Crippen LogP contribution in [0, 0.1) is 5.92 Å². The highest BCUT2D eigenvalue weighted by atomic mass is 35.5. The van der Waals surface area contributed by atoms with Gasteiger partial charge in [0.1, 0.15) is 6.10 Å². The van der Waals surface area contributed by atoms with Crippen molar-refractivity contribution >= 4 is 35.4 Å². The number of phenols is 1. The molecule has 3 fully saturated rings. The number of amides is 2. The Bertz CT molecular complexity index is 1660. The summed E-state index contributed by atoms with van der Waals surface area (Å²) >= 11 is 6.15. The number of imide groups is 1. The van der Waals surface area contributed by atoms with E-state index in [2.05, 4.69) is 4.90 Å². The second-order valence-electron chi connectivity index (χ2n) is 13.1. The van der Waals surface area contributed by atoms with E-state index in [-0.39, 0.29) is 23.6 Å². The number of phenolic OH excluding ortho intramolecular Hbond substituents is 1. The molecule has 6 aliphatic rings. The molecular weight excluding hydrogens is 624 g/mol. The molecule has 1 spiro atoms. The number of aromatic hydroxyl groups is 1. The normalized spacial score (nSPS) is 31.7. The highest BCUT2D eigenvalue weighted by Gasteiger charge is 2.74. The first-order valence-corrected chi connectivity index (χ1v) is 15.7. The van der Waals surface area contributed by atoms with Gasteiger partial charge in [0.25, 0.3) is 11.8 Å². The Morgan fingerprint density at radius 1 is 0.978 bits per heavy atom. The van der Waals surface area contributed by atoms with Crippen LogP contribution in [-0.4, -0.2) is 113 Å². The van der Waals surface area contributed by atoms with Gasteiger partial charge in [-0.3, -0.25) is 19.4 Å². The topological polar surface area (TPSA) is 205 Å². The summed E-state index contributed by atoms with van der Waals surface area (Å²) < 4.78 is 6.55. The van der Waals surface area contributed by atoms with Gasteiger partial charge >= 0.3 is 11.9 Å². The molecule has 2 amide bonds.